The number of carbonyl (C=O) groups excluding carboxylic acids is 2. The number of hydrogen-bond acceptors (Lipinski definition) is 6. The van der Waals surface area contributed by atoms with Crippen molar-refractivity contribution in [2.24, 2.45) is 0 Å². The Morgan fingerprint density at radius 3 is 2.46 bits per heavy atom. The van der Waals surface area contributed by atoms with Crippen molar-refractivity contribution in [3.8, 4) is 0 Å². The largest absolute Gasteiger partial charge is 0.337 e. The van der Waals surface area contributed by atoms with E-state index in [9.17, 15) is 9.59 Å². The second-order valence-electron chi connectivity index (χ2n) is 6.01. The molecule has 0 radical (unpaired) electrons. The van der Waals surface area contributed by atoms with Crippen LogP contribution in [0.5, 0.6) is 0 Å². The van der Waals surface area contributed by atoms with Crippen LogP contribution in [0.3, 0.4) is 0 Å². The van der Waals surface area contributed by atoms with E-state index in [1.54, 1.807) is 48.4 Å². The highest BCUT2D eigenvalue weighted by molar-refractivity contribution is 7.99. The predicted octanol–water partition coefficient (Wildman–Crippen LogP) is 3.48. The number of nitrogens with zero attached hydrogens (tertiary/aromatic N) is 3. The lowest BCUT2D eigenvalue weighted by Crippen LogP contribution is -2.29. The molecule has 2 aliphatic rings. The van der Waals surface area contributed by atoms with Gasteiger partial charge in [0, 0.05) is 17.3 Å². The van der Waals surface area contributed by atoms with Gasteiger partial charge in [0.1, 0.15) is 5.03 Å². The van der Waals surface area contributed by atoms with Crippen molar-refractivity contribution in [1.82, 2.24) is 14.9 Å². The van der Waals surface area contributed by atoms with Crippen LogP contribution in [0.25, 0.3) is 0 Å². The number of rotatable bonds is 2. The molecule has 0 fully saturated rings. The number of imide groups is 1. The molecule has 0 saturated heterocycles. The topological polar surface area (TPSA) is 75.2 Å². The van der Waals surface area contributed by atoms with Crippen LogP contribution in [-0.4, -0.2) is 26.7 Å². The van der Waals surface area contributed by atoms with Gasteiger partial charge in [-0.3, -0.25) is 14.5 Å². The maximum atomic E-state index is 12.5. The highest BCUT2D eigenvalue weighted by Gasteiger charge is 2.35. The van der Waals surface area contributed by atoms with Gasteiger partial charge in [0.2, 0.25) is 0 Å². The van der Waals surface area contributed by atoms with Gasteiger partial charge in [0.25, 0.3) is 11.8 Å². The SMILES string of the molecule is O=C1c2ccccc2C(=O)N1Cc1ccc2c(c1)Nc1nccnc1S2. The Hall–Kier alpha value is -3.19. The number of amides is 2. The highest BCUT2D eigenvalue weighted by Crippen LogP contribution is 2.42. The lowest BCUT2D eigenvalue weighted by molar-refractivity contribution is 0.0642. The fourth-order valence-corrected chi connectivity index (χ4v) is 4.02. The molecule has 126 valence electrons. The van der Waals surface area contributed by atoms with Gasteiger partial charge in [-0.05, 0) is 29.8 Å². The maximum absolute atomic E-state index is 12.5. The third-order valence-corrected chi connectivity index (χ3v) is 5.46. The lowest BCUT2D eigenvalue weighted by Gasteiger charge is -2.20. The average molecular weight is 360 g/mol. The van der Waals surface area contributed by atoms with Crippen molar-refractivity contribution >= 4 is 35.1 Å². The van der Waals surface area contributed by atoms with Crippen molar-refractivity contribution in [3.05, 3.63) is 71.5 Å². The van der Waals surface area contributed by atoms with E-state index in [4.69, 9.17) is 0 Å². The number of benzene rings is 2. The van der Waals surface area contributed by atoms with Crippen molar-refractivity contribution in [2.75, 3.05) is 5.32 Å². The lowest BCUT2D eigenvalue weighted by atomic mass is 10.1. The van der Waals surface area contributed by atoms with Gasteiger partial charge in [0.15, 0.2) is 5.82 Å². The molecule has 2 amide bonds. The van der Waals surface area contributed by atoms with Crippen LogP contribution in [0.1, 0.15) is 26.3 Å². The van der Waals surface area contributed by atoms with E-state index in [1.807, 2.05) is 18.2 Å². The molecule has 0 spiro atoms. The van der Waals surface area contributed by atoms with E-state index in [-0.39, 0.29) is 18.4 Å². The molecule has 5 rings (SSSR count). The van der Waals surface area contributed by atoms with E-state index in [2.05, 4.69) is 15.3 Å². The van der Waals surface area contributed by atoms with Gasteiger partial charge >= 0.3 is 0 Å². The number of hydrogen-bond donors (Lipinski definition) is 1. The summed E-state index contributed by atoms with van der Waals surface area (Å²) >= 11 is 1.54. The zero-order valence-corrected chi connectivity index (χ0v) is 14.3. The monoisotopic (exact) mass is 360 g/mol. The molecule has 6 nitrogen and oxygen atoms in total. The summed E-state index contributed by atoms with van der Waals surface area (Å²) in [4.78, 5) is 36.0. The summed E-state index contributed by atoms with van der Waals surface area (Å²) in [5.74, 6) is 0.214. The number of aromatic nitrogens is 2. The molecule has 2 aromatic carbocycles. The van der Waals surface area contributed by atoms with Crippen LogP contribution >= 0.6 is 11.8 Å². The Kier molecular flexibility index (Phi) is 3.29. The third kappa shape index (κ3) is 2.28. The molecule has 0 saturated carbocycles. The molecular formula is C19H12N4O2S. The Labute approximate surface area is 153 Å². The molecule has 7 heteroatoms. The van der Waals surface area contributed by atoms with Gasteiger partial charge in [-0.2, -0.15) is 0 Å². The Morgan fingerprint density at radius 1 is 0.962 bits per heavy atom. The van der Waals surface area contributed by atoms with Crippen molar-refractivity contribution in [3.63, 3.8) is 0 Å². The van der Waals surface area contributed by atoms with Gasteiger partial charge in [-0.15, -0.1) is 0 Å². The van der Waals surface area contributed by atoms with E-state index in [0.717, 1.165) is 21.2 Å². The molecule has 26 heavy (non-hydrogen) atoms. The molecule has 3 heterocycles. The summed E-state index contributed by atoms with van der Waals surface area (Å²) in [6.45, 7) is 0.235. The van der Waals surface area contributed by atoms with Gasteiger partial charge in [-0.25, -0.2) is 9.97 Å². The molecule has 0 atom stereocenters. The van der Waals surface area contributed by atoms with Crippen molar-refractivity contribution in [2.45, 2.75) is 16.5 Å². The number of carbonyl (C=O) groups is 2. The summed E-state index contributed by atoms with van der Waals surface area (Å²) in [5, 5.41) is 4.09. The van der Waals surface area contributed by atoms with Gasteiger partial charge in [-0.1, -0.05) is 30.0 Å². The van der Waals surface area contributed by atoms with Crippen LogP contribution in [0.4, 0.5) is 11.5 Å². The van der Waals surface area contributed by atoms with E-state index >= 15 is 0 Å². The predicted molar refractivity (Wildman–Crippen MR) is 96.5 cm³/mol. The van der Waals surface area contributed by atoms with Crippen LogP contribution < -0.4 is 5.32 Å². The van der Waals surface area contributed by atoms with E-state index in [1.165, 1.54) is 4.90 Å². The van der Waals surface area contributed by atoms with Gasteiger partial charge in [0.05, 0.1) is 23.4 Å². The Bertz CT molecular complexity index is 1050. The number of fused-ring (bicyclic) bond motifs is 3. The minimum absolute atomic E-state index is 0.235. The van der Waals surface area contributed by atoms with Gasteiger partial charge < -0.3 is 5.32 Å². The normalized spacial score (nSPS) is 14.5. The third-order valence-electron chi connectivity index (χ3n) is 4.39. The van der Waals surface area contributed by atoms with Crippen LogP contribution in [0, 0.1) is 0 Å². The van der Waals surface area contributed by atoms with E-state index in [0.29, 0.717) is 16.9 Å². The fraction of sp³-hybridized carbons (Fsp3) is 0.0526. The zero-order chi connectivity index (χ0) is 17.7. The second kappa shape index (κ2) is 5.67. The summed E-state index contributed by atoms with van der Waals surface area (Å²) < 4.78 is 0. The van der Waals surface area contributed by atoms with Crippen LogP contribution in [-0.2, 0) is 6.54 Å². The molecule has 3 aromatic rings. The molecule has 0 bridgehead atoms. The molecule has 0 unspecified atom stereocenters. The molecule has 2 aliphatic heterocycles. The van der Waals surface area contributed by atoms with Crippen molar-refractivity contribution < 1.29 is 9.59 Å². The van der Waals surface area contributed by atoms with Crippen LogP contribution in [0.15, 0.2) is 64.8 Å². The summed E-state index contributed by atoms with van der Waals surface area (Å²) in [6.07, 6.45) is 3.30. The first-order chi connectivity index (χ1) is 12.7. The molecule has 0 aliphatic carbocycles. The average Bonchev–Trinajstić information content (AvgIpc) is 2.91. The first-order valence-corrected chi connectivity index (χ1v) is 8.86. The Balaban J connectivity index is 1.43. The summed E-state index contributed by atoms with van der Waals surface area (Å²) in [5.41, 5.74) is 2.71. The standard InChI is InChI=1S/C19H12N4O2S/c24-18-12-3-1-2-4-13(12)19(25)23(18)10-11-5-6-15-14(9-11)22-16-17(26-15)21-8-7-20-16/h1-9H,10H2,(H,20,22). The quantitative estimate of drug-likeness (QED) is 0.552. The fourth-order valence-electron chi connectivity index (χ4n) is 3.14. The summed E-state index contributed by atoms with van der Waals surface area (Å²) in [7, 11) is 0. The number of nitrogens with one attached hydrogen (secondary N) is 1. The first-order valence-electron chi connectivity index (χ1n) is 8.05. The summed E-state index contributed by atoms with van der Waals surface area (Å²) in [6, 6.07) is 12.8. The number of anilines is 2. The Morgan fingerprint density at radius 2 is 1.69 bits per heavy atom. The van der Waals surface area contributed by atoms with Crippen molar-refractivity contribution in [1.29, 1.82) is 0 Å². The first kappa shape index (κ1) is 15.1. The molecule has 1 aromatic heterocycles. The molecular weight excluding hydrogens is 348 g/mol. The second-order valence-corrected chi connectivity index (χ2v) is 7.04. The van der Waals surface area contributed by atoms with E-state index < -0.39 is 0 Å². The smallest absolute Gasteiger partial charge is 0.261 e. The zero-order valence-electron chi connectivity index (χ0n) is 13.5. The maximum Gasteiger partial charge on any atom is 0.261 e. The molecule has 1 N–H and O–H groups in total. The minimum Gasteiger partial charge on any atom is -0.337 e. The minimum atomic E-state index is -0.248. The van der Waals surface area contributed by atoms with Crippen LogP contribution in [0.2, 0.25) is 0 Å². The highest BCUT2D eigenvalue weighted by atomic mass is 32.2.